The van der Waals surface area contributed by atoms with Crippen molar-refractivity contribution in [2.75, 3.05) is 13.9 Å². The smallest absolute Gasteiger partial charge is 0.147 e. The van der Waals surface area contributed by atoms with Crippen LogP contribution in [0.5, 0.6) is 0 Å². The Kier molecular flexibility index (Phi) is 3.70. The van der Waals surface area contributed by atoms with Gasteiger partial charge in [0.25, 0.3) is 0 Å². The summed E-state index contributed by atoms with van der Waals surface area (Å²) in [6.45, 7) is 1.63. The van der Waals surface area contributed by atoms with Crippen LogP contribution in [-0.4, -0.2) is 13.9 Å². The van der Waals surface area contributed by atoms with Gasteiger partial charge in [-0.2, -0.15) is 0 Å². The zero-order valence-electron chi connectivity index (χ0n) is 6.79. The number of methoxy groups -OCH3 is 1. The van der Waals surface area contributed by atoms with Gasteiger partial charge in [-0.05, 0) is 17.7 Å². The molecule has 0 unspecified atom stereocenters. The molecule has 1 rings (SSSR count). The molecule has 65 valence electrons. The molecule has 0 spiro atoms. The van der Waals surface area contributed by atoms with Crippen LogP contribution in [-0.2, 0) is 9.47 Å². The number of halogens is 1. The van der Waals surface area contributed by atoms with E-state index in [1.54, 1.807) is 12.1 Å². The molecule has 2 nitrogen and oxygen atoms in total. The van der Waals surface area contributed by atoms with Gasteiger partial charge in [-0.15, -0.1) is 0 Å². The Morgan fingerprint density at radius 3 is 3.00 bits per heavy atom. The molecule has 0 aliphatic rings. The second-order valence-corrected chi connectivity index (χ2v) is 2.25. The molecule has 0 bridgehead atoms. The minimum Gasteiger partial charge on any atom is -0.359 e. The van der Waals surface area contributed by atoms with Crippen molar-refractivity contribution in [3.05, 3.63) is 42.3 Å². The molecular formula is C9H10FO2. The molecule has 0 heterocycles. The lowest BCUT2D eigenvalue weighted by atomic mass is 10.2. The molecule has 1 radical (unpaired) electrons. The molecule has 0 aliphatic heterocycles. The van der Waals surface area contributed by atoms with E-state index in [1.807, 2.05) is 0 Å². The quantitative estimate of drug-likeness (QED) is 0.506. The molecule has 0 aliphatic carbocycles. The van der Waals surface area contributed by atoms with E-state index >= 15 is 0 Å². The third-order valence-electron chi connectivity index (χ3n) is 1.25. The van der Waals surface area contributed by atoms with E-state index in [0.29, 0.717) is 5.56 Å². The van der Waals surface area contributed by atoms with Crippen molar-refractivity contribution in [2.24, 2.45) is 0 Å². The molecule has 1 aromatic carbocycles. The lowest BCUT2D eigenvalue weighted by molar-refractivity contribution is 0.00458. The Bertz CT molecular complexity index is 238. The van der Waals surface area contributed by atoms with Crippen LogP contribution in [0, 0.1) is 12.4 Å². The van der Waals surface area contributed by atoms with Gasteiger partial charge in [-0.1, -0.05) is 12.1 Å². The normalized spacial score (nSPS) is 10.2. The van der Waals surface area contributed by atoms with Gasteiger partial charge in [-0.25, -0.2) is 4.39 Å². The van der Waals surface area contributed by atoms with E-state index in [-0.39, 0.29) is 12.6 Å². The molecule has 0 atom stereocenters. The molecule has 0 amide bonds. The van der Waals surface area contributed by atoms with Crippen LogP contribution in [0.4, 0.5) is 4.39 Å². The lowest BCUT2D eigenvalue weighted by Crippen LogP contribution is -1.94. The van der Waals surface area contributed by atoms with Gasteiger partial charge in [-0.3, -0.25) is 0 Å². The van der Waals surface area contributed by atoms with Crippen LogP contribution in [0.25, 0.3) is 0 Å². The maximum absolute atomic E-state index is 12.6. The largest absolute Gasteiger partial charge is 0.359 e. The van der Waals surface area contributed by atoms with Gasteiger partial charge in [0.2, 0.25) is 0 Å². The minimum atomic E-state index is -0.273. The van der Waals surface area contributed by atoms with Crippen molar-refractivity contribution < 1.29 is 13.9 Å². The Morgan fingerprint density at radius 1 is 1.50 bits per heavy atom. The zero-order chi connectivity index (χ0) is 8.81. The first-order valence-electron chi connectivity index (χ1n) is 3.52. The third-order valence-corrected chi connectivity index (χ3v) is 1.25. The first-order valence-corrected chi connectivity index (χ1v) is 3.52. The average molecular weight is 169 g/mol. The molecular weight excluding hydrogens is 159 g/mol. The molecule has 0 aromatic heterocycles. The van der Waals surface area contributed by atoms with Crippen LogP contribution in [0.2, 0.25) is 0 Å². The van der Waals surface area contributed by atoms with E-state index in [9.17, 15) is 4.39 Å². The first-order chi connectivity index (χ1) is 5.83. The summed E-state index contributed by atoms with van der Waals surface area (Å²) in [6.07, 6.45) is 0. The second kappa shape index (κ2) is 4.85. The summed E-state index contributed by atoms with van der Waals surface area (Å²) < 4.78 is 22.1. The summed E-state index contributed by atoms with van der Waals surface area (Å²) in [6, 6.07) is 6.14. The highest BCUT2D eigenvalue weighted by Gasteiger charge is 1.94. The number of benzene rings is 1. The Balaban J connectivity index is 2.41. The highest BCUT2D eigenvalue weighted by atomic mass is 19.1. The fraction of sp³-hybridized carbons (Fsp3) is 0.222. The topological polar surface area (TPSA) is 18.5 Å². The molecule has 3 heteroatoms. The van der Waals surface area contributed by atoms with Crippen molar-refractivity contribution in [2.45, 2.75) is 0 Å². The molecule has 1 aromatic rings. The first kappa shape index (κ1) is 9.16. The van der Waals surface area contributed by atoms with E-state index in [4.69, 9.17) is 4.74 Å². The molecule has 12 heavy (non-hydrogen) atoms. The summed E-state index contributed by atoms with van der Waals surface area (Å²) in [5, 5.41) is 0. The van der Waals surface area contributed by atoms with Crippen LogP contribution in [0.1, 0.15) is 5.56 Å². The maximum Gasteiger partial charge on any atom is 0.147 e. The van der Waals surface area contributed by atoms with E-state index in [1.165, 1.54) is 25.8 Å². The van der Waals surface area contributed by atoms with E-state index in [2.05, 4.69) is 4.74 Å². The van der Waals surface area contributed by atoms with Crippen molar-refractivity contribution in [1.82, 2.24) is 0 Å². The number of ether oxygens (including phenoxy) is 2. The van der Waals surface area contributed by atoms with E-state index < -0.39 is 0 Å². The molecule has 0 saturated heterocycles. The molecule has 0 saturated carbocycles. The van der Waals surface area contributed by atoms with Crippen LogP contribution in [0.3, 0.4) is 0 Å². The summed E-state index contributed by atoms with van der Waals surface area (Å²) >= 11 is 0. The van der Waals surface area contributed by atoms with Gasteiger partial charge in [0.15, 0.2) is 0 Å². The minimum absolute atomic E-state index is 0.177. The summed E-state index contributed by atoms with van der Waals surface area (Å²) in [5.74, 6) is -0.273. The maximum atomic E-state index is 12.6. The highest BCUT2D eigenvalue weighted by molar-refractivity contribution is 5.20. The van der Waals surface area contributed by atoms with Crippen molar-refractivity contribution in [1.29, 1.82) is 0 Å². The van der Waals surface area contributed by atoms with Crippen LogP contribution in [0.15, 0.2) is 24.3 Å². The van der Waals surface area contributed by atoms with Gasteiger partial charge < -0.3 is 9.47 Å². The zero-order valence-corrected chi connectivity index (χ0v) is 6.79. The summed E-state index contributed by atoms with van der Waals surface area (Å²) in [7, 11) is 1.53. The fourth-order valence-corrected chi connectivity index (χ4v) is 0.778. The monoisotopic (exact) mass is 169 g/mol. The van der Waals surface area contributed by atoms with Gasteiger partial charge in [0, 0.05) is 7.11 Å². The third kappa shape index (κ3) is 2.98. The number of rotatable bonds is 4. The van der Waals surface area contributed by atoms with Gasteiger partial charge in [0.1, 0.15) is 19.2 Å². The standard InChI is InChI=1S/C9H10FO2/c1-11-7-12-6-8-3-2-4-9(10)5-8/h2-6H,7H2,1H3. The predicted octanol–water partition coefficient (Wildman–Crippen LogP) is 1.96. The summed E-state index contributed by atoms with van der Waals surface area (Å²) in [4.78, 5) is 0. The Hall–Kier alpha value is -0.930. The van der Waals surface area contributed by atoms with Gasteiger partial charge >= 0.3 is 0 Å². The predicted molar refractivity (Wildman–Crippen MR) is 42.8 cm³/mol. The van der Waals surface area contributed by atoms with Crippen molar-refractivity contribution in [3.63, 3.8) is 0 Å². The number of hydrogen-bond donors (Lipinski definition) is 0. The molecule has 0 N–H and O–H groups in total. The van der Waals surface area contributed by atoms with Crippen molar-refractivity contribution >= 4 is 0 Å². The average Bonchev–Trinajstić information content (AvgIpc) is 2.05. The highest BCUT2D eigenvalue weighted by Crippen LogP contribution is 2.05. The Morgan fingerprint density at radius 2 is 2.33 bits per heavy atom. The Labute approximate surface area is 70.9 Å². The molecule has 0 fully saturated rings. The van der Waals surface area contributed by atoms with Crippen LogP contribution < -0.4 is 0 Å². The van der Waals surface area contributed by atoms with E-state index in [0.717, 1.165) is 0 Å². The second-order valence-electron chi connectivity index (χ2n) is 2.25. The lowest BCUT2D eigenvalue weighted by Gasteiger charge is -2.01. The van der Waals surface area contributed by atoms with Crippen molar-refractivity contribution in [3.8, 4) is 0 Å². The fourth-order valence-electron chi connectivity index (χ4n) is 0.778. The summed E-state index contributed by atoms with van der Waals surface area (Å²) in [5.41, 5.74) is 0.687. The van der Waals surface area contributed by atoms with Crippen LogP contribution >= 0.6 is 0 Å². The SMILES string of the molecule is COCO[CH]c1cccc(F)c1. The number of hydrogen-bond acceptors (Lipinski definition) is 2. The van der Waals surface area contributed by atoms with Gasteiger partial charge in [0.05, 0.1) is 0 Å².